The number of aryl methyl sites for hydroxylation is 2. The van der Waals surface area contributed by atoms with Gasteiger partial charge in [-0.1, -0.05) is 23.7 Å². The Bertz CT molecular complexity index is 575. The van der Waals surface area contributed by atoms with Gasteiger partial charge in [0.2, 0.25) is 0 Å². The summed E-state index contributed by atoms with van der Waals surface area (Å²) < 4.78 is 1.79. The first-order valence-electron chi connectivity index (χ1n) is 5.85. The summed E-state index contributed by atoms with van der Waals surface area (Å²) in [7, 11) is 1.88. The van der Waals surface area contributed by atoms with Crippen LogP contribution in [0.3, 0.4) is 0 Å². The summed E-state index contributed by atoms with van der Waals surface area (Å²) in [5.74, 6) is 0.121. The molecule has 0 amide bonds. The number of ketones is 1. The number of Topliss-reactive ketones (excluding diaryl/α,β-unsaturated/α-hetero) is 1. The summed E-state index contributed by atoms with van der Waals surface area (Å²) in [6, 6.07) is 7.37. The number of nitrogens with zero attached hydrogens (tertiary/aromatic N) is 2. The first-order valence-corrected chi connectivity index (χ1v) is 6.22. The van der Waals surface area contributed by atoms with Crippen molar-refractivity contribution in [2.24, 2.45) is 7.05 Å². The Balaban J connectivity index is 2.09. The van der Waals surface area contributed by atoms with E-state index in [0.717, 1.165) is 11.3 Å². The summed E-state index contributed by atoms with van der Waals surface area (Å²) in [5, 5.41) is 4.72. The molecule has 2 rings (SSSR count). The maximum atomic E-state index is 12.1. The fourth-order valence-electron chi connectivity index (χ4n) is 1.93. The molecule has 18 heavy (non-hydrogen) atoms. The zero-order valence-electron chi connectivity index (χ0n) is 10.5. The molecule has 0 aliphatic rings. The predicted octanol–water partition coefficient (Wildman–Crippen LogP) is 3.20. The smallest absolute Gasteiger partial charge is 0.163 e. The van der Waals surface area contributed by atoms with Crippen molar-refractivity contribution in [1.82, 2.24) is 9.78 Å². The SMILES string of the molecule is Cc1c(Cl)cccc1C(=O)CCc1ccnn1C. The Labute approximate surface area is 111 Å². The van der Waals surface area contributed by atoms with Gasteiger partial charge in [-0.2, -0.15) is 5.10 Å². The van der Waals surface area contributed by atoms with E-state index < -0.39 is 0 Å². The fraction of sp³-hybridized carbons (Fsp3) is 0.286. The second-order valence-electron chi connectivity index (χ2n) is 4.28. The lowest BCUT2D eigenvalue weighted by atomic mass is 10.0. The minimum Gasteiger partial charge on any atom is -0.294 e. The lowest BCUT2D eigenvalue weighted by molar-refractivity contribution is 0.0981. The second-order valence-corrected chi connectivity index (χ2v) is 4.69. The van der Waals surface area contributed by atoms with Crippen molar-refractivity contribution in [1.29, 1.82) is 0 Å². The minimum atomic E-state index is 0.121. The van der Waals surface area contributed by atoms with E-state index in [1.807, 2.05) is 32.2 Å². The highest BCUT2D eigenvalue weighted by Crippen LogP contribution is 2.20. The maximum Gasteiger partial charge on any atom is 0.163 e. The van der Waals surface area contributed by atoms with E-state index in [2.05, 4.69) is 5.10 Å². The van der Waals surface area contributed by atoms with Crippen molar-refractivity contribution in [3.63, 3.8) is 0 Å². The van der Waals surface area contributed by atoms with E-state index in [9.17, 15) is 4.79 Å². The average molecular weight is 263 g/mol. The highest BCUT2D eigenvalue weighted by molar-refractivity contribution is 6.31. The van der Waals surface area contributed by atoms with E-state index in [-0.39, 0.29) is 5.78 Å². The van der Waals surface area contributed by atoms with Gasteiger partial charge in [0.15, 0.2) is 5.78 Å². The summed E-state index contributed by atoms with van der Waals surface area (Å²) in [6.45, 7) is 1.87. The molecular weight excluding hydrogens is 248 g/mol. The predicted molar refractivity (Wildman–Crippen MR) is 72.0 cm³/mol. The van der Waals surface area contributed by atoms with Crippen LogP contribution in [-0.4, -0.2) is 15.6 Å². The minimum absolute atomic E-state index is 0.121. The quantitative estimate of drug-likeness (QED) is 0.793. The van der Waals surface area contributed by atoms with Crippen LogP contribution >= 0.6 is 11.6 Å². The van der Waals surface area contributed by atoms with Crippen molar-refractivity contribution in [3.05, 3.63) is 52.3 Å². The molecule has 4 heteroatoms. The van der Waals surface area contributed by atoms with Crippen LogP contribution in [0, 0.1) is 6.92 Å². The number of hydrogen-bond donors (Lipinski definition) is 0. The van der Waals surface area contributed by atoms with E-state index in [4.69, 9.17) is 11.6 Å². The Morgan fingerprint density at radius 1 is 1.39 bits per heavy atom. The van der Waals surface area contributed by atoms with Crippen LogP contribution in [-0.2, 0) is 13.5 Å². The van der Waals surface area contributed by atoms with Gasteiger partial charge in [0.1, 0.15) is 0 Å². The molecule has 0 bridgehead atoms. The topological polar surface area (TPSA) is 34.9 Å². The number of rotatable bonds is 4. The van der Waals surface area contributed by atoms with E-state index in [0.29, 0.717) is 23.4 Å². The molecule has 1 aromatic carbocycles. The molecule has 1 heterocycles. The Kier molecular flexibility index (Phi) is 3.82. The number of carbonyl (C=O) groups is 1. The molecule has 0 N–H and O–H groups in total. The summed E-state index contributed by atoms with van der Waals surface area (Å²) >= 11 is 6.02. The first kappa shape index (κ1) is 12.8. The van der Waals surface area contributed by atoms with Gasteiger partial charge in [-0.15, -0.1) is 0 Å². The molecule has 0 radical (unpaired) electrons. The fourth-order valence-corrected chi connectivity index (χ4v) is 2.11. The zero-order chi connectivity index (χ0) is 13.1. The molecule has 0 saturated carbocycles. The van der Waals surface area contributed by atoms with Gasteiger partial charge in [0.05, 0.1) is 0 Å². The molecule has 0 fully saturated rings. The van der Waals surface area contributed by atoms with Crippen LogP contribution in [0.4, 0.5) is 0 Å². The van der Waals surface area contributed by atoms with E-state index >= 15 is 0 Å². The number of benzene rings is 1. The van der Waals surface area contributed by atoms with Crippen molar-refractivity contribution in [3.8, 4) is 0 Å². The Morgan fingerprint density at radius 2 is 2.17 bits per heavy atom. The standard InChI is InChI=1S/C14H15ClN2O/c1-10-12(4-3-5-13(10)15)14(18)7-6-11-8-9-16-17(11)2/h3-5,8-9H,6-7H2,1-2H3. The highest BCUT2D eigenvalue weighted by atomic mass is 35.5. The molecule has 0 spiro atoms. The van der Waals surface area contributed by atoms with Crippen LogP contribution in [0.25, 0.3) is 0 Å². The van der Waals surface area contributed by atoms with Crippen molar-refractivity contribution in [2.45, 2.75) is 19.8 Å². The molecule has 0 saturated heterocycles. The molecule has 1 aromatic heterocycles. The van der Waals surface area contributed by atoms with Crippen LogP contribution in [0.5, 0.6) is 0 Å². The molecule has 94 valence electrons. The lowest BCUT2D eigenvalue weighted by Crippen LogP contribution is -2.06. The third-order valence-corrected chi connectivity index (χ3v) is 3.51. The molecule has 0 atom stereocenters. The van der Waals surface area contributed by atoms with Gasteiger partial charge in [-0.05, 0) is 31.0 Å². The van der Waals surface area contributed by atoms with Gasteiger partial charge in [0, 0.05) is 35.9 Å². The zero-order valence-corrected chi connectivity index (χ0v) is 11.2. The largest absolute Gasteiger partial charge is 0.294 e. The second kappa shape index (κ2) is 5.36. The Morgan fingerprint density at radius 3 is 2.83 bits per heavy atom. The van der Waals surface area contributed by atoms with Gasteiger partial charge in [0.25, 0.3) is 0 Å². The van der Waals surface area contributed by atoms with Gasteiger partial charge in [-0.25, -0.2) is 0 Å². The van der Waals surface area contributed by atoms with Crippen molar-refractivity contribution < 1.29 is 4.79 Å². The summed E-state index contributed by atoms with van der Waals surface area (Å²) in [4.78, 5) is 12.1. The number of halogens is 1. The Hall–Kier alpha value is -1.61. The van der Waals surface area contributed by atoms with Crippen LogP contribution in [0.1, 0.15) is 28.0 Å². The van der Waals surface area contributed by atoms with E-state index in [1.165, 1.54) is 0 Å². The molecule has 0 aliphatic carbocycles. The summed E-state index contributed by atoms with van der Waals surface area (Å²) in [5.41, 5.74) is 2.63. The van der Waals surface area contributed by atoms with Crippen LogP contribution < -0.4 is 0 Å². The molecule has 0 unspecified atom stereocenters. The molecule has 3 nitrogen and oxygen atoms in total. The maximum absolute atomic E-state index is 12.1. The molecule has 2 aromatic rings. The third kappa shape index (κ3) is 2.62. The monoisotopic (exact) mass is 262 g/mol. The summed E-state index contributed by atoms with van der Waals surface area (Å²) in [6.07, 6.45) is 2.91. The average Bonchev–Trinajstić information content (AvgIpc) is 2.75. The van der Waals surface area contributed by atoms with E-state index in [1.54, 1.807) is 16.9 Å². The lowest BCUT2D eigenvalue weighted by Gasteiger charge is -2.06. The highest BCUT2D eigenvalue weighted by Gasteiger charge is 2.11. The molecular formula is C14H15ClN2O. The normalized spacial score (nSPS) is 10.6. The van der Waals surface area contributed by atoms with Crippen molar-refractivity contribution >= 4 is 17.4 Å². The van der Waals surface area contributed by atoms with Gasteiger partial charge < -0.3 is 0 Å². The van der Waals surface area contributed by atoms with Gasteiger partial charge in [-0.3, -0.25) is 9.48 Å². The number of carbonyl (C=O) groups excluding carboxylic acids is 1. The van der Waals surface area contributed by atoms with Crippen LogP contribution in [0.15, 0.2) is 30.5 Å². The molecule has 0 aliphatic heterocycles. The van der Waals surface area contributed by atoms with Crippen molar-refractivity contribution in [2.75, 3.05) is 0 Å². The first-order chi connectivity index (χ1) is 8.59. The van der Waals surface area contributed by atoms with Gasteiger partial charge >= 0.3 is 0 Å². The number of aromatic nitrogens is 2. The van der Waals surface area contributed by atoms with Crippen LogP contribution in [0.2, 0.25) is 5.02 Å². The third-order valence-electron chi connectivity index (χ3n) is 3.10. The number of hydrogen-bond acceptors (Lipinski definition) is 2.